The van der Waals surface area contributed by atoms with Crippen molar-refractivity contribution in [2.75, 3.05) is 5.32 Å². The summed E-state index contributed by atoms with van der Waals surface area (Å²) >= 11 is 0. The first-order valence-corrected chi connectivity index (χ1v) is 6.30. The third kappa shape index (κ3) is 2.78. The first-order valence-electron chi connectivity index (χ1n) is 6.30. The van der Waals surface area contributed by atoms with Crippen molar-refractivity contribution >= 4 is 11.4 Å². The fraction of sp³-hybridized carbons (Fsp3) is 0.538. The van der Waals surface area contributed by atoms with Crippen molar-refractivity contribution < 1.29 is 9.31 Å². The summed E-state index contributed by atoms with van der Waals surface area (Å²) in [4.78, 5) is 9.80. The monoisotopic (exact) mass is 252 g/mol. The number of halogens is 1. The van der Waals surface area contributed by atoms with E-state index in [4.69, 9.17) is 0 Å². The maximum atomic E-state index is 13.4. The van der Waals surface area contributed by atoms with Gasteiger partial charge >= 0.3 is 5.69 Å². The van der Waals surface area contributed by atoms with E-state index in [0.717, 1.165) is 18.8 Å². The molecule has 98 valence electrons. The van der Waals surface area contributed by atoms with E-state index < -0.39 is 16.4 Å². The van der Waals surface area contributed by atoms with Crippen LogP contribution in [-0.2, 0) is 0 Å². The Kier molecular flexibility index (Phi) is 3.79. The number of nitro groups is 1. The molecule has 1 aromatic rings. The highest BCUT2D eigenvalue weighted by Gasteiger charge is 2.23. The van der Waals surface area contributed by atoms with Crippen LogP contribution in [0.2, 0.25) is 0 Å². The van der Waals surface area contributed by atoms with Crippen LogP contribution in [0.1, 0.15) is 32.6 Å². The van der Waals surface area contributed by atoms with E-state index in [1.54, 1.807) is 6.07 Å². The Bertz CT molecular complexity index is 451. The molecule has 2 atom stereocenters. The lowest BCUT2D eigenvalue weighted by molar-refractivity contribution is -0.387. The van der Waals surface area contributed by atoms with E-state index in [1.165, 1.54) is 25.0 Å². The fourth-order valence-corrected chi connectivity index (χ4v) is 2.56. The molecule has 0 aromatic heterocycles. The van der Waals surface area contributed by atoms with Crippen molar-refractivity contribution in [3.63, 3.8) is 0 Å². The van der Waals surface area contributed by atoms with Crippen LogP contribution in [-0.4, -0.2) is 11.0 Å². The molecule has 1 saturated carbocycles. The molecule has 4 nitrogen and oxygen atoms in total. The summed E-state index contributed by atoms with van der Waals surface area (Å²) in [5, 5.41) is 13.8. The lowest BCUT2D eigenvalue weighted by Gasteiger charge is -2.14. The van der Waals surface area contributed by atoms with Crippen molar-refractivity contribution in [1.82, 2.24) is 0 Å². The van der Waals surface area contributed by atoms with E-state index in [-0.39, 0.29) is 0 Å². The van der Waals surface area contributed by atoms with Crippen molar-refractivity contribution in [3.8, 4) is 0 Å². The largest absolute Gasteiger partial charge is 0.382 e. The molecule has 1 aliphatic rings. The number of nitro benzene ring substituents is 1. The van der Waals surface area contributed by atoms with E-state index in [0.29, 0.717) is 11.7 Å². The average molecular weight is 252 g/mol. The highest BCUT2D eigenvalue weighted by atomic mass is 19.1. The Morgan fingerprint density at radius 2 is 2.28 bits per heavy atom. The van der Waals surface area contributed by atoms with Gasteiger partial charge in [-0.1, -0.05) is 13.3 Å². The molecular weight excluding hydrogens is 235 g/mol. The molecule has 1 aromatic carbocycles. The van der Waals surface area contributed by atoms with Crippen LogP contribution < -0.4 is 5.32 Å². The molecule has 0 spiro atoms. The number of nitrogens with zero attached hydrogens (tertiary/aromatic N) is 1. The molecular formula is C13H17FN2O2. The molecule has 2 unspecified atom stereocenters. The predicted molar refractivity (Wildman–Crippen MR) is 68.1 cm³/mol. The SMILES string of the molecule is CCC1CCC(Nc2ccc([N+](=O)[O-])c(F)c2)C1. The first kappa shape index (κ1) is 12.8. The Hall–Kier alpha value is -1.65. The summed E-state index contributed by atoms with van der Waals surface area (Å²) in [6.45, 7) is 2.18. The topological polar surface area (TPSA) is 55.2 Å². The van der Waals surface area contributed by atoms with Gasteiger partial charge in [-0.15, -0.1) is 0 Å². The Morgan fingerprint density at radius 3 is 2.83 bits per heavy atom. The molecule has 0 amide bonds. The van der Waals surface area contributed by atoms with Gasteiger partial charge in [-0.25, -0.2) is 0 Å². The Balaban J connectivity index is 2.02. The van der Waals surface area contributed by atoms with Gasteiger partial charge in [-0.3, -0.25) is 10.1 Å². The molecule has 0 bridgehead atoms. The van der Waals surface area contributed by atoms with Crippen LogP contribution in [0.4, 0.5) is 15.8 Å². The van der Waals surface area contributed by atoms with Gasteiger partial charge in [0.2, 0.25) is 5.82 Å². The van der Waals surface area contributed by atoms with Gasteiger partial charge in [-0.2, -0.15) is 4.39 Å². The van der Waals surface area contributed by atoms with Gasteiger partial charge in [0.05, 0.1) is 4.92 Å². The van der Waals surface area contributed by atoms with Crippen molar-refractivity contribution in [1.29, 1.82) is 0 Å². The second-order valence-electron chi connectivity index (χ2n) is 4.85. The second-order valence-corrected chi connectivity index (χ2v) is 4.85. The number of anilines is 1. The van der Waals surface area contributed by atoms with Gasteiger partial charge in [-0.05, 0) is 31.2 Å². The molecule has 1 N–H and O–H groups in total. The Labute approximate surface area is 105 Å². The smallest absolute Gasteiger partial charge is 0.304 e. The minimum Gasteiger partial charge on any atom is -0.382 e. The summed E-state index contributed by atoms with van der Waals surface area (Å²) in [7, 11) is 0. The zero-order valence-electron chi connectivity index (χ0n) is 10.4. The van der Waals surface area contributed by atoms with Crippen LogP contribution in [0.3, 0.4) is 0 Å². The van der Waals surface area contributed by atoms with Crippen molar-refractivity contribution in [2.45, 2.75) is 38.6 Å². The van der Waals surface area contributed by atoms with Crippen LogP contribution in [0, 0.1) is 21.8 Å². The molecule has 2 rings (SSSR count). The highest BCUT2D eigenvalue weighted by molar-refractivity contribution is 5.50. The van der Waals surface area contributed by atoms with Crippen LogP contribution in [0.25, 0.3) is 0 Å². The number of hydrogen-bond donors (Lipinski definition) is 1. The van der Waals surface area contributed by atoms with Crippen LogP contribution in [0.15, 0.2) is 18.2 Å². The second kappa shape index (κ2) is 5.33. The molecule has 0 heterocycles. The zero-order chi connectivity index (χ0) is 13.1. The maximum Gasteiger partial charge on any atom is 0.304 e. The zero-order valence-corrected chi connectivity index (χ0v) is 10.4. The molecule has 1 aliphatic carbocycles. The summed E-state index contributed by atoms with van der Waals surface area (Å²) < 4.78 is 13.4. The Morgan fingerprint density at radius 1 is 1.50 bits per heavy atom. The summed E-state index contributed by atoms with van der Waals surface area (Å²) in [6.07, 6.45) is 4.54. The number of benzene rings is 1. The third-order valence-corrected chi connectivity index (χ3v) is 3.63. The molecule has 0 radical (unpaired) electrons. The van der Waals surface area contributed by atoms with Crippen LogP contribution >= 0.6 is 0 Å². The fourth-order valence-electron chi connectivity index (χ4n) is 2.56. The number of hydrogen-bond acceptors (Lipinski definition) is 3. The van der Waals surface area contributed by atoms with E-state index in [2.05, 4.69) is 12.2 Å². The number of rotatable bonds is 4. The van der Waals surface area contributed by atoms with Crippen molar-refractivity contribution in [2.24, 2.45) is 5.92 Å². The summed E-state index contributed by atoms with van der Waals surface area (Å²) in [5.74, 6) is -0.0413. The third-order valence-electron chi connectivity index (χ3n) is 3.63. The molecule has 18 heavy (non-hydrogen) atoms. The minimum absolute atomic E-state index is 0.357. The summed E-state index contributed by atoms with van der Waals surface area (Å²) in [5.41, 5.74) is 0.151. The number of nitrogens with one attached hydrogen (secondary N) is 1. The molecule has 1 fully saturated rings. The van der Waals surface area contributed by atoms with Gasteiger partial charge < -0.3 is 5.32 Å². The van der Waals surface area contributed by atoms with Gasteiger partial charge in [0, 0.05) is 23.9 Å². The highest BCUT2D eigenvalue weighted by Crippen LogP contribution is 2.31. The maximum absolute atomic E-state index is 13.4. The quantitative estimate of drug-likeness (QED) is 0.656. The van der Waals surface area contributed by atoms with E-state index in [1.807, 2.05) is 0 Å². The van der Waals surface area contributed by atoms with Crippen LogP contribution in [0.5, 0.6) is 0 Å². The standard InChI is InChI=1S/C13H17FN2O2/c1-2-9-3-4-10(7-9)15-11-5-6-13(16(17)18)12(14)8-11/h5-6,8-10,15H,2-4,7H2,1H3. The van der Waals surface area contributed by atoms with E-state index in [9.17, 15) is 14.5 Å². The average Bonchev–Trinajstić information content (AvgIpc) is 2.76. The molecule has 0 saturated heterocycles. The lowest BCUT2D eigenvalue weighted by atomic mass is 10.1. The minimum atomic E-state index is -0.782. The van der Waals surface area contributed by atoms with Gasteiger partial charge in [0.25, 0.3) is 0 Å². The predicted octanol–water partition coefficient (Wildman–Crippen LogP) is 3.72. The summed E-state index contributed by atoms with van der Waals surface area (Å²) in [6, 6.07) is 4.35. The molecule has 5 heteroatoms. The normalized spacial score (nSPS) is 23.0. The molecule has 0 aliphatic heterocycles. The first-order chi connectivity index (χ1) is 8.60. The van der Waals surface area contributed by atoms with E-state index >= 15 is 0 Å². The van der Waals surface area contributed by atoms with Gasteiger partial charge in [0.1, 0.15) is 0 Å². The lowest BCUT2D eigenvalue weighted by Crippen LogP contribution is -2.15. The van der Waals surface area contributed by atoms with Crippen molar-refractivity contribution in [3.05, 3.63) is 34.1 Å². The van der Waals surface area contributed by atoms with Gasteiger partial charge in [0.15, 0.2) is 0 Å².